The van der Waals surface area contributed by atoms with Gasteiger partial charge < -0.3 is 0 Å². The molecule has 5 rings (SSSR count). The Bertz CT molecular complexity index is 1480. The topological polar surface area (TPSA) is 63.1 Å². The number of amides is 1. The van der Waals surface area contributed by atoms with Crippen LogP contribution in [-0.2, 0) is 0 Å². The summed E-state index contributed by atoms with van der Waals surface area (Å²) < 4.78 is 1.72. The third-order valence-corrected chi connectivity index (χ3v) is 6.82. The van der Waals surface area contributed by atoms with Gasteiger partial charge in [0.2, 0.25) is 0 Å². The molecule has 4 aromatic rings. The molecule has 3 heterocycles. The molecule has 37 heavy (non-hydrogen) atoms. The molecule has 1 N–H and O–H groups in total. The van der Waals surface area contributed by atoms with Gasteiger partial charge in [0, 0.05) is 52.8 Å². The van der Waals surface area contributed by atoms with Crippen LogP contribution >= 0.6 is 23.2 Å². The molecule has 186 valence electrons. The van der Waals surface area contributed by atoms with Crippen molar-refractivity contribution in [3.63, 3.8) is 0 Å². The van der Waals surface area contributed by atoms with E-state index in [0.29, 0.717) is 21.4 Å². The van der Waals surface area contributed by atoms with Gasteiger partial charge in [-0.3, -0.25) is 15.2 Å². The molecule has 1 aliphatic heterocycles. The van der Waals surface area contributed by atoms with Crippen LogP contribution < -0.4 is 5.43 Å². The Hall–Kier alpha value is -3.63. The SMILES string of the molecule is Cc1c(C(=O)NN2CCCCC2)nn(-c2ccc(Cl)cc2Cl)c1-c1ccc(C#Cc2ccncc2)cc1. The Kier molecular flexibility index (Phi) is 7.57. The number of hydrogen-bond acceptors (Lipinski definition) is 4. The number of hydrogen-bond donors (Lipinski definition) is 1. The second-order valence-electron chi connectivity index (χ2n) is 8.88. The summed E-state index contributed by atoms with van der Waals surface area (Å²) in [6.45, 7) is 3.58. The first kappa shape index (κ1) is 25.0. The predicted octanol–water partition coefficient (Wildman–Crippen LogP) is 6.08. The van der Waals surface area contributed by atoms with Gasteiger partial charge in [0.1, 0.15) is 0 Å². The zero-order valence-electron chi connectivity index (χ0n) is 20.3. The molecule has 1 fully saturated rings. The Morgan fingerprint density at radius 3 is 2.27 bits per heavy atom. The third-order valence-electron chi connectivity index (χ3n) is 6.28. The van der Waals surface area contributed by atoms with E-state index in [-0.39, 0.29) is 5.91 Å². The molecule has 6 nitrogen and oxygen atoms in total. The second-order valence-corrected chi connectivity index (χ2v) is 9.73. The van der Waals surface area contributed by atoms with Crippen molar-refractivity contribution in [2.45, 2.75) is 26.2 Å². The van der Waals surface area contributed by atoms with Crippen molar-refractivity contribution in [1.82, 2.24) is 25.2 Å². The van der Waals surface area contributed by atoms with Crippen molar-refractivity contribution in [3.8, 4) is 28.8 Å². The van der Waals surface area contributed by atoms with E-state index < -0.39 is 0 Å². The highest BCUT2D eigenvalue weighted by Gasteiger charge is 2.24. The zero-order valence-corrected chi connectivity index (χ0v) is 21.9. The highest BCUT2D eigenvalue weighted by molar-refractivity contribution is 6.35. The van der Waals surface area contributed by atoms with Crippen molar-refractivity contribution in [3.05, 3.63) is 99.4 Å². The lowest BCUT2D eigenvalue weighted by atomic mass is 10.0. The fourth-order valence-electron chi connectivity index (χ4n) is 4.37. The Morgan fingerprint density at radius 2 is 1.59 bits per heavy atom. The maximum atomic E-state index is 13.3. The van der Waals surface area contributed by atoms with Crippen LogP contribution in [0.2, 0.25) is 10.0 Å². The summed E-state index contributed by atoms with van der Waals surface area (Å²) in [4.78, 5) is 17.3. The minimum atomic E-state index is -0.232. The van der Waals surface area contributed by atoms with Gasteiger partial charge in [0.25, 0.3) is 5.91 Å². The molecule has 1 aliphatic rings. The predicted molar refractivity (Wildman–Crippen MR) is 147 cm³/mol. The largest absolute Gasteiger partial charge is 0.286 e. The fourth-order valence-corrected chi connectivity index (χ4v) is 4.86. The van der Waals surface area contributed by atoms with Gasteiger partial charge in [0.15, 0.2) is 5.69 Å². The number of rotatable bonds is 4. The quantitative estimate of drug-likeness (QED) is 0.325. The molecule has 8 heteroatoms. The highest BCUT2D eigenvalue weighted by Crippen LogP contribution is 2.33. The lowest BCUT2D eigenvalue weighted by Crippen LogP contribution is -2.45. The minimum Gasteiger partial charge on any atom is -0.283 e. The van der Waals surface area contributed by atoms with Gasteiger partial charge in [-0.1, -0.05) is 53.6 Å². The van der Waals surface area contributed by atoms with Crippen molar-refractivity contribution < 1.29 is 4.79 Å². The Balaban J connectivity index is 1.53. The monoisotopic (exact) mass is 529 g/mol. The number of aromatic nitrogens is 3. The smallest absolute Gasteiger partial charge is 0.283 e. The minimum absolute atomic E-state index is 0.232. The normalized spacial score (nSPS) is 13.6. The van der Waals surface area contributed by atoms with Gasteiger partial charge in [0.05, 0.1) is 16.4 Å². The molecule has 0 aliphatic carbocycles. The highest BCUT2D eigenvalue weighted by atomic mass is 35.5. The van der Waals surface area contributed by atoms with Crippen LogP contribution in [0, 0.1) is 18.8 Å². The van der Waals surface area contributed by atoms with Crippen molar-refractivity contribution in [2.24, 2.45) is 0 Å². The molecule has 2 aromatic heterocycles. The Labute approximate surface area is 226 Å². The summed E-state index contributed by atoms with van der Waals surface area (Å²) in [6, 6.07) is 16.8. The lowest BCUT2D eigenvalue weighted by molar-refractivity contribution is 0.0743. The molecular formula is C29H25Cl2N5O. The first-order valence-corrected chi connectivity index (χ1v) is 12.9. The van der Waals surface area contributed by atoms with E-state index in [1.807, 2.05) is 54.4 Å². The Morgan fingerprint density at radius 1 is 0.919 bits per heavy atom. The summed E-state index contributed by atoms with van der Waals surface area (Å²) in [7, 11) is 0. The van der Waals surface area contributed by atoms with Crippen molar-refractivity contribution in [2.75, 3.05) is 13.1 Å². The van der Waals surface area contributed by atoms with Crippen LogP contribution in [0.4, 0.5) is 0 Å². The average molecular weight is 530 g/mol. The first-order chi connectivity index (χ1) is 18.0. The third kappa shape index (κ3) is 5.70. The molecule has 0 unspecified atom stereocenters. The number of piperidine rings is 1. The average Bonchev–Trinajstić information content (AvgIpc) is 3.25. The summed E-state index contributed by atoms with van der Waals surface area (Å²) in [6.07, 6.45) is 6.75. The number of nitrogens with one attached hydrogen (secondary N) is 1. The molecule has 0 atom stereocenters. The number of carbonyl (C=O) groups excluding carboxylic acids is 1. The van der Waals surface area contributed by atoms with E-state index in [1.54, 1.807) is 29.2 Å². The standard InChI is InChI=1S/C29H25Cl2N5O/c1-20-27(29(37)34-35-17-3-2-4-18-35)33-36(26-12-11-24(30)19-25(26)31)28(20)23-9-7-21(8-10-23)5-6-22-13-15-32-16-14-22/h7-16,19H,2-4,17-18H2,1H3,(H,34,37). The van der Waals surface area contributed by atoms with Gasteiger partial charge in [-0.05, 0) is 62.2 Å². The van der Waals surface area contributed by atoms with Crippen LogP contribution in [0.25, 0.3) is 16.9 Å². The van der Waals surface area contributed by atoms with Crippen LogP contribution in [0.5, 0.6) is 0 Å². The lowest BCUT2D eigenvalue weighted by Gasteiger charge is -2.26. The van der Waals surface area contributed by atoms with E-state index >= 15 is 0 Å². The van der Waals surface area contributed by atoms with Crippen LogP contribution in [0.15, 0.2) is 67.0 Å². The fraction of sp³-hybridized carbons (Fsp3) is 0.207. The van der Waals surface area contributed by atoms with Gasteiger partial charge in [-0.15, -0.1) is 0 Å². The zero-order chi connectivity index (χ0) is 25.8. The molecule has 0 saturated carbocycles. The number of pyridine rings is 1. The van der Waals surface area contributed by atoms with E-state index in [4.69, 9.17) is 28.3 Å². The van der Waals surface area contributed by atoms with Gasteiger partial charge >= 0.3 is 0 Å². The molecule has 1 amide bonds. The van der Waals surface area contributed by atoms with Crippen molar-refractivity contribution in [1.29, 1.82) is 0 Å². The summed E-state index contributed by atoms with van der Waals surface area (Å²) in [5, 5.41) is 7.67. The van der Waals surface area contributed by atoms with Crippen molar-refractivity contribution >= 4 is 29.1 Å². The van der Waals surface area contributed by atoms with Crippen LogP contribution in [0.3, 0.4) is 0 Å². The summed E-state index contributed by atoms with van der Waals surface area (Å²) >= 11 is 12.7. The number of carbonyl (C=O) groups is 1. The van der Waals surface area contributed by atoms with Crippen LogP contribution in [0.1, 0.15) is 46.4 Å². The van der Waals surface area contributed by atoms with E-state index in [9.17, 15) is 4.79 Å². The molecule has 1 saturated heterocycles. The number of benzene rings is 2. The molecular weight excluding hydrogens is 505 g/mol. The van der Waals surface area contributed by atoms with Gasteiger partial charge in [-0.25, -0.2) is 9.69 Å². The molecule has 0 spiro atoms. The molecule has 2 aromatic carbocycles. The summed E-state index contributed by atoms with van der Waals surface area (Å²) in [5.41, 5.74) is 8.22. The van der Waals surface area contributed by atoms with Crippen LogP contribution in [-0.4, -0.2) is 38.8 Å². The summed E-state index contributed by atoms with van der Waals surface area (Å²) in [5.74, 6) is 6.09. The van der Waals surface area contributed by atoms with E-state index in [0.717, 1.165) is 53.9 Å². The maximum Gasteiger partial charge on any atom is 0.286 e. The van der Waals surface area contributed by atoms with E-state index in [1.165, 1.54) is 6.42 Å². The maximum absolute atomic E-state index is 13.3. The number of nitrogens with zero attached hydrogens (tertiary/aromatic N) is 4. The first-order valence-electron chi connectivity index (χ1n) is 12.1. The van der Waals surface area contributed by atoms with Gasteiger partial charge in [-0.2, -0.15) is 5.10 Å². The molecule has 0 bridgehead atoms. The number of hydrazine groups is 1. The van der Waals surface area contributed by atoms with E-state index in [2.05, 4.69) is 22.3 Å². The number of halogens is 2. The second kappa shape index (κ2) is 11.2. The molecule has 0 radical (unpaired) electrons.